The van der Waals surface area contributed by atoms with Gasteiger partial charge in [0, 0.05) is 15.6 Å². The monoisotopic (exact) mass is 402 g/mol. The number of nitrogens with one attached hydrogen (secondary N) is 2. The Kier molecular flexibility index (Phi) is 4.80. The molecule has 0 saturated carbocycles. The van der Waals surface area contributed by atoms with Crippen molar-refractivity contribution >= 4 is 56.4 Å². The Labute approximate surface area is 164 Å². The number of carbonyl (C=O) groups excluding carboxylic acids is 1. The molecule has 0 spiro atoms. The van der Waals surface area contributed by atoms with E-state index in [1.165, 1.54) is 23.1 Å². The number of benzene rings is 2. The van der Waals surface area contributed by atoms with E-state index in [1.807, 2.05) is 53.9 Å². The number of fused-ring (bicyclic) bond motifs is 1. The zero-order valence-corrected chi connectivity index (χ0v) is 16.2. The molecule has 0 saturated heterocycles. The number of rotatable bonds is 4. The van der Waals surface area contributed by atoms with Crippen LogP contribution in [0.3, 0.4) is 0 Å². The lowest BCUT2D eigenvalue weighted by Gasteiger charge is -2.15. The first-order valence-corrected chi connectivity index (χ1v) is 10.0. The molecule has 132 valence electrons. The van der Waals surface area contributed by atoms with Crippen LogP contribution in [0, 0.1) is 0 Å². The van der Waals surface area contributed by atoms with Gasteiger partial charge in [0.05, 0.1) is 17.8 Å². The van der Waals surface area contributed by atoms with E-state index in [0.717, 1.165) is 27.1 Å². The van der Waals surface area contributed by atoms with Crippen LogP contribution in [0.2, 0.25) is 5.02 Å². The van der Waals surface area contributed by atoms with Crippen molar-refractivity contribution in [1.82, 2.24) is 10.6 Å². The minimum atomic E-state index is -0.245. The number of thioether (sulfide) groups is 1. The third-order valence-corrected chi connectivity index (χ3v) is 6.55. The average Bonchev–Trinajstić information content (AvgIpc) is 3.27. The van der Waals surface area contributed by atoms with Crippen LogP contribution in [0.25, 0.3) is 15.8 Å². The highest BCUT2D eigenvalue weighted by Crippen LogP contribution is 2.35. The molecule has 7 heteroatoms. The molecule has 0 aliphatic carbocycles. The second kappa shape index (κ2) is 7.23. The maximum atomic E-state index is 12.7. The number of halogens is 1. The van der Waals surface area contributed by atoms with E-state index in [4.69, 9.17) is 16.3 Å². The SMILES string of the molecule is COc1cccc(C2=CSC(NC(=O)c3sc4ccccc4c3Cl)N2)c1. The largest absolute Gasteiger partial charge is 0.497 e. The molecule has 0 radical (unpaired) electrons. The number of thiophene rings is 1. The molecule has 0 bridgehead atoms. The van der Waals surface area contributed by atoms with Gasteiger partial charge < -0.3 is 15.4 Å². The van der Waals surface area contributed by atoms with Crippen molar-refractivity contribution in [3.05, 3.63) is 69.4 Å². The average molecular weight is 403 g/mol. The van der Waals surface area contributed by atoms with Crippen molar-refractivity contribution < 1.29 is 9.53 Å². The molecule has 1 aromatic heterocycles. The summed E-state index contributed by atoms with van der Waals surface area (Å²) < 4.78 is 6.27. The van der Waals surface area contributed by atoms with Crippen molar-refractivity contribution in [2.24, 2.45) is 0 Å². The molecule has 4 rings (SSSR count). The molecule has 2 heterocycles. The highest BCUT2D eigenvalue weighted by molar-refractivity contribution is 8.03. The fourth-order valence-corrected chi connectivity index (χ4v) is 4.97. The Morgan fingerprint density at radius 1 is 1.23 bits per heavy atom. The first kappa shape index (κ1) is 17.3. The summed E-state index contributed by atoms with van der Waals surface area (Å²) in [5.74, 6) is 0.612. The van der Waals surface area contributed by atoms with Gasteiger partial charge in [0.2, 0.25) is 0 Å². The first-order valence-electron chi connectivity index (χ1n) is 7.90. The summed E-state index contributed by atoms with van der Waals surface area (Å²) in [6.07, 6.45) is 0. The number of carbonyl (C=O) groups is 1. The van der Waals surface area contributed by atoms with Crippen LogP contribution in [0.1, 0.15) is 15.2 Å². The van der Waals surface area contributed by atoms with E-state index in [-0.39, 0.29) is 11.4 Å². The lowest BCUT2D eigenvalue weighted by molar-refractivity contribution is 0.0952. The standard InChI is InChI=1S/C19H15ClN2O2S2/c1-24-12-6-4-5-11(9-12)14-10-25-19(21-14)22-18(23)17-16(20)13-7-2-3-8-15(13)26-17/h2-10,19,21H,1H3,(H,22,23). The van der Waals surface area contributed by atoms with Crippen molar-refractivity contribution in [2.45, 2.75) is 5.50 Å². The van der Waals surface area contributed by atoms with Crippen molar-refractivity contribution in [2.75, 3.05) is 7.11 Å². The van der Waals surface area contributed by atoms with Crippen LogP contribution in [-0.4, -0.2) is 18.5 Å². The summed E-state index contributed by atoms with van der Waals surface area (Å²) in [4.78, 5) is 13.2. The molecular formula is C19H15ClN2O2S2. The summed E-state index contributed by atoms with van der Waals surface area (Å²) >= 11 is 9.30. The van der Waals surface area contributed by atoms with E-state index in [9.17, 15) is 4.79 Å². The molecule has 2 N–H and O–H groups in total. The van der Waals surface area contributed by atoms with Gasteiger partial charge in [-0.2, -0.15) is 0 Å². The fraction of sp³-hybridized carbons (Fsp3) is 0.105. The summed E-state index contributed by atoms with van der Waals surface area (Å²) in [7, 11) is 1.64. The highest BCUT2D eigenvalue weighted by atomic mass is 35.5. The molecule has 1 atom stereocenters. The molecule has 0 fully saturated rings. The van der Waals surface area contributed by atoms with Gasteiger partial charge in [-0.1, -0.05) is 53.7 Å². The molecule has 26 heavy (non-hydrogen) atoms. The van der Waals surface area contributed by atoms with Crippen LogP contribution in [0.4, 0.5) is 0 Å². The quantitative estimate of drug-likeness (QED) is 0.650. The van der Waals surface area contributed by atoms with Gasteiger partial charge in [-0.25, -0.2) is 0 Å². The Morgan fingerprint density at radius 2 is 2.08 bits per heavy atom. The topological polar surface area (TPSA) is 50.4 Å². The summed E-state index contributed by atoms with van der Waals surface area (Å²) in [6.45, 7) is 0. The van der Waals surface area contributed by atoms with Gasteiger partial charge in [0.25, 0.3) is 5.91 Å². The Morgan fingerprint density at radius 3 is 2.88 bits per heavy atom. The van der Waals surface area contributed by atoms with Gasteiger partial charge >= 0.3 is 0 Å². The Hall–Kier alpha value is -2.15. The van der Waals surface area contributed by atoms with Gasteiger partial charge in [0.1, 0.15) is 10.6 Å². The van der Waals surface area contributed by atoms with E-state index >= 15 is 0 Å². The fourth-order valence-electron chi connectivity index (χ4n) is 2.70. The summed E-state index contributed by atoms with van der Waals surface area (Å²) in [5, 5.41) is 9.70. The van der Waals surface area contributed by atoms with Crippen molar-refractivity contribution in [3.8, 4) is 5.75 Å². The Bertz CT molecular complexity index is 1020. The van der Waals surface area contributed by atoms with E-state index in [1.54, 1.807) is 7.11 Å². The molecule has 2 aromatic carbocycles. The summed E-state index contributed by atoms with van der Waals surface area (Å²) in [6, 6.07) is 15.5. The molecule has 1 aliphatic rings. The lowest BCUT2D eigenvalue weighted by Crippen LogP contribution is -2.39. The predicted molar refractivity (Wildman–Crippen MR) is 110 cm³/mol. The minimum Gasteiger partial charge on any atom is -0.497 e. The number of amides is 1. The number of hydrogen-bond donors (Lipinski definition) is 2. The lowest BCUT2D eigenvalue weighted by atomic mass is 10.1. The van der Waals surface area contributed by atoms with Crippen molar-refractivity contribution in [1.29, 1.82) is 0 Å². The summed E-state index contributed by atoms with van der Waals surface area (Å²) in [5.41, 5.74) is 1.71. The van der Waals surface area contributed by atoms with E-state index in [2.05, 4.69) is 10.6 Å². The zero-order valence-electron chi connectivity index (χ0n) is 13.8. The highest BCUT2D eigenvalue weighted by Gasteiger charge is 2.23. The van der Waals surface area contributed by atoms with E-state index < -0.39 is 0 Å². The van der Waals surface area contributed by atoms with Crippen molar-refractivity contribution in [3.63, 3.8) is 0 Å². The van der Waals surface area contributed by atoms with Crippen LogP contribution in [0.5, 0.6) is 5.75 Å². The van der Waals surface area contributed by atoms with Gasteiger partial charge in [-0.05, 0) is 23.6 Å². The Balaban J connectivity index is 1.47. The van der Waals surface area contributed by atoms with Gasteiger partial charge in [0.15, 0.2) is 5.50 Å². The second-order valence-electron chi connectivity index (χ2n) is 5.64. The predicted octanol–water partition coefficient (Wildman–Crippen LogP) is 4.91. The third-order valence-electron chi connectivity index (χ3n) is 3.99. The maximum Gasteiger partial charge on any atom is 0.265 e. The third kappa shape index (κ3) is 3.28. The molecule has 4 nitrogen and oxygen atoms in total. The molecule has 1 aliphatic heterocycles. The second-order valence-corrected chi connectivity index (χ2v) is 8.05. The van der Waals surface area contributed by atoms with Crippen LogP contribution in [-0.2, 0) is 0 Å². The van der Waals surface area contributed by atoms with Gasteiger partial charge in [-0.15, -0.1) is 11.3 Å². The maximum absolute atomic E-state index is 12.7. The number of ether oxygens (including phenoxy) is 1. The van der Waals surface area contributed by atoms with E-state index in [0.29, 0.717) is 9.90 Å². The number of hydrogen-bond acceptors (Lipinski definition) is 5. The smallest absolute Gasteiger partial charge is 0.265 e. The molecule has 1 amide bonds. The normalized spacial score (nSPS) is 16.2. The van der Waals surface area contributed by atoms with Crippen LogP contribution in [0.15, 0.2) is 53.9 Å². The minimum absolute atomic E-state index is 0.179. The zero-order chi connectivity index (χ0) is 18.1. The first-order chi connectivity index (χ1) is 12.7. The van der Waals surface area contributed by atoms with Gasteiger partial charge in [-0.3, -0.25) is 4.79 Å². The number of methoxy groups -OCH3 is 1. The van der Waals surface area contributed by atoms with Crippen LogP contribution < -0.4 is 15.4 Å². The molecule has 1 unspecified atom stereocenters. The molecule has 3 aromatic rings. The van der Waals surface area contributed by atoms with Crippen LogP contribution >= 0.6 is 34.7 Å². The molecular weight excluding hydrogens is 388 g/mol.